The molecule has 0 bridgehead atoms. The van der Waals surface area contributed by atoms with Gasteiger partial charge in [-0.3, -0.25) is 25.2 Å². The average Bonchev–Trinajstić information content (AvgIpc) is 2.89. The van der Waals surface area contributed by atoms with E-state index in [1.165, 1.54) is 13.2 Å². The lowest BCUT2D eigenvalue weighted by Gasteiger charge is -2.11. The third kappa shape index (κ3) is 5.81. The molecule has 4 aromatic rings. The van der Waals surface area contributed by atoms with Crippen LogP contribution in [0, 0.1) is 20.2 Å². The van der Waals surface area contributed by atoms with Crippen molar-refractivity contribution < 1.29 is 24.1 Å². The van der Waals surface area contributed by atoms with Gasteiger partial charge in [-0.25, -0.2) is 0 Å². The molecule has 0 aliphatic rings. The Morgan fingerprint density at radius 2 is 1.42 bits per heavy atom. The van der Waals surface area contributed by atoms with Crippen molar-refractivity contribution in [2.45, 2.75) is 0 Å². The van der Waals surface area contributed by atoms with E-state index < -0.39 is 21.2 Å². The number of nitro groups is 2. The van der Waals surface area contributed by atoms with E-state index in [0.717, 1.165) is 17.9 Å². The van der Waals surface area contributed by atoms with Crippen molar-refractivity contribution in [1.29, 1.82) is 0 Å². The van der Waals surface area contributed by atoms with Gasteiger partial charge in [0.15, 0.2) is 11.5 Å². The topological polar surface area (TPSA) is 126 Å². The molecule has 0 aromatic heterocycles. The predicted molar refractivity (Wildman–Crippen MR) is 133 cm³/mol. The van der Waals surface area contributed by atoms with Crippen LogP contribution in [0.1, 0.15) is 5.56 Å². The number of aliphatic imine (C=N–C) groups is 1. The van der Waals surface area contributed by atoms with Gasteiger partial charge >= 0.3 is 5.69 Å². The van der Waals surface area contributed by atoms with E-state index in [4.69, 9.17) is 14.2 Å². The fourth-order valence-electron chi connectivity index (χ4n) is 3.19. The standard InChI is InChI=1S/C26H19N3O7/c1-34-26-15-18(17-27-19-8-11-22(12-9-19)35-21-5-3-2-4-6-21)7-13-25(26)36-24-14-10-20(28(30)31)16-23(24)29(32)33/h2-17H,1H3. The van der Waals surface area contributed by atoms with Gasteiger partial charge in [-0.2, -0.15) is 0 Å². The Balaban J connectivity index is 1.49. The van der Waals surface area contributed by atoms with Crippen molar-refractivity contribution >= 4 is 23.3 Å². The lowest BCUT2D eigenvalue weighted by Crippen LogP contribution is -1.97. The third-order valence-electron chi connectivity index (χ3n) is 4.94. The second-order valence-corrected chi connectivity index (χ2v) is 7.35. The van der Waals surface area contributed by atoms with E-state index in [1.807, 2.05) is 54.6 Å². The highest BCUT2D eigenvalue weighted by Crippen LogP contribution is 2.38. The molecule has 0 saturated heterocycles. The second kappa shape index (κ2) is 10.8. The third-order valence-corrected chi connectivity index (χ3v) is 4.94. The first-order valence-electron chi connectivity index (χ1n) is 10.6. The van der Waals surface area contributed by atoms with Crippen LogP contribution in [0.5, 0.6) is 28.7 Å². The minimum atomic E-state index is -0.744. The van der Waals surface area contributed by atoms with Gasteiger partial charge in [0.05, 0.1) is 28.7 Å². The average molecular weight is 485 g/mol. The number of nitro benzene ring substituents is 2. The van der Waals surface area contributed by atoms with Crippen LogP contribution >= 0.6 is 0 Å². The molecule has 4 rings (SSSR count). The molecular formula is C26H19N3O7. The molecule has 0 aliphatic carbocycles. The van der Waals surface area contributed by atoms with E-state index in [9.17, 15) is 20.2 Å². The largest absolute Gasteiger partial charge is 0.493 e. The molecule has 0 aliphatic heterocycles. The summed E-state index contributed by atoms with van der Waals surface area (Å²) in [5.41, 5.74) is 0.460. The Morgan fingerprint density at radius 1 is 0.722 bits per heavy atom. The number of benzene rings is 4. The van der Waals surface area contributed by atoms with Crippen LogP contribution in [0.25, 0.3) is 0 Å². The maximum Gasteiger partial charge on any atom is 0.318 e. The van der Waals surface area contributed by atoms with Crippen LogP contribution in [0.4, 0.5) is 17.1 Å². The molecule has 0 radical (unpaired) electrons. The van der Waals surface area contributed by atoms with Gasteiger partial charge in [-0.1, -0.05) is 18.2 Å². The Morgan fingerprint density at radius 3 is 2.08 bits per heavy atom. The predicted octanol–water partition coefficient (Wildman–Crippen LogP) is 6.85. The molecule has 10 heteroatoms. The van der Waals surface area contributed by atoms with E-state index in [0.29, 0.717) is 22.7 Å². The van der Waals surface area contributed by atoms with Gasteiger partial charge in [0.25, 0.3) is 5.69 Å². The Labute approximate surface area is 205 Å². The first-order chi connectivity index (χ1) is 17.4. The number of hydrogen-bond donors (Lipinski definition) is 0. The van der Waals surface area contributed by atoms with E-state index in [2.05, 4.69) is 4.99 Å². The number of ether oxygens (including phenoxy) is 3. The highest BCUT2D eigenvalue weighted by atomic mass is 16.6. The summed E-state index contributed by atoms with van der Waals surface area (Å²) in [6.07, 6.45) is 1.63. The number of rotatable bonds is 9. The highest BCUT2D eigenvalue weighted by Gasteiger charge is 2.22. The van der Waals surface area contributed by atoms with Crippen LogP contribution in [-0.2, 0) is 0 Å². The van der Waals surface area contributed by atoms with Crippen molar-refractivity contribution in [3.05, 3.63) is 117 Å². The summed E-state index contributed by atoms with van der Waals surface area (Å²) in [5, 5.41) is 22.3. The van der Waals surface area contributed by atoms with Crippen LogP contribution in [0.2, 0.25) is 0 Å². The SMILES string of the molecule is COc1cc(C=Nc2ccc(Oc3ccccc3)cc2)ccc1Oc1ccc([N+](=O)[O-])cc1[N+](=O)[O-]. The molecule has 0 fully saturated rings. The molecular weight excluding hydrogens is 466 g/mol. The first-order valence-corrected chi connectivity index (χ1v) is 10.6. The Kier molecular flexibility index (Phi) is 7.16. The lowest BCUT2D eigenvalue weighted by molar-refractivity contribution is -0.394. The maximum absolute atomic E-state index is 11.4. The van der Waals surface area contributed by atoms with Crippen LogP contribution in [-0.4, -0.2) is 23.2 Å². The summed E-state index contributed by atoms with van der Waals surface area (Å²) < 4.78 is 16.8. The minimum Gasteiger partial charge on any atom is -0.493 e. The van der Waals surface area contributed by atoms with Crippen LogP contribution < -0.4 is 14.2 Å². The zero-order valence-corrected chi connectivity index (χ0v) is 18.9. The van der Waals surface area contributed by atoms with Gasteiger partial charge < -0.3 is 14.2 Å². The molecule has 0 unspecified atom stereocenters. The molecule has 4 aromatic carbocycles. The molecule has 0 N–H and O–H groups in total. The maximum atomic E-state index is 11.4. The zero-order valence-electron chi connectivity index (χ0n) is 18.9. The summed E-state index contributed by atoms with van der Waals surface area (Å²) in [5.74, 6) is 1.78. The molecule has 0 heterocycles. The number of nitrogens with zero attached hydrogens (tertiary/aromatic N) is 3. The van der Waals surface area contributed by atoms with E-state index in [1.54, 1.807) is 24.4 Å². The fraction of sp³-hybridized carbons (Fsp3) is 0.0385. The van der Waals surface area contributed by atoms with Gasteiger partial charge in [0.2, 0.25) is 5.75 Å². The number of hydrogen-bond acceptors (Lipinski definition) is 8. The summed E-state index contributed by atoms with van der Waals surface area (Å²) in [6, 6.07) is 24.8. The second-order valence-electron chi connectivity index (χ2n) is 7.35. The van der Waals surface area contributed by atoms with Crippen molar-refractivity contribution in [1.82, 2.24) is 0 Å². The van der Waals surface area contributed by atoms with Crippen LogP contribution in [0.15, 0.2) is 96.0 Å². The molecule has 36 heavy (non-hydrogen) atoms. The Bertz CT molecular complexity index is 1420. The Hall–Kier alpha value is -5.25. The molecule has 0 atom stereocenters. The lowest BCUT2D eigenvalue weighted by atomic mass is 10.2. The molecule has 180 valence electrons. The number of non-ortho nitro benzene ring substituents is 1. The number of methoxy groups -OCH3 is 1. The van der Waals surface area contributed by atoms with E-state index in [-0.39, 0.29) is 11.5 Å². The zero-order chi connectivity index (χ0) is 25.5. The van der Waals surface area contributed by atoms with Crippen molar-refractivity contribution in [3.8, 4) is 28.7 Å². The number of para-hydroxylation sites is 1. The highest BCUT2D eigenvalue weighted by molar-refractivity contribution is 5.83. The van der Waals surface area contributed by atoms with Gasteiger partial charge in [0, 0.05) is 12.3 Å². The smallest absolute Gasteiger partial charge is 0.318 e. The van der Waals surface area contributed by atoms with Gasteiger partial charge in [0.1, 0.15) is 11.5 Å². The molecule has 10 nitrogen and oxygen atoms in total. The quantitative estimate of drug-likeness (QED) is 0.144. The summed E-state index contributed by atoms with van der Waals surface area (Å²) in [6.45, 7) is 0. The summed E-state index contributed by atoms with van der Waals surface area (Å²) >= 11 is 0. The fourth-order valence-corrected chi connectivity index (χ4v) is 3.19. The van der Waals surface area contributed by atoms with Gasteiger partial charge in [-0.15, -0.1) is 0 Å². The van der Waals surface area contributed by atoms with E-state index >= 15 is 0 Å². The monoisotopic (exact) mass is 485 g/mol. The minimum absolute atomic E-state index is 0.150. The molecule has 0 saturated carbocycles. The van der Waals surface area contributed by atoms with Crippen molar-refractivity contribution in [2.75, 3.05) is 7.11 Å². The van der Waals surface area contributed by atoms with Crippen LogP contribution in [0.3, 0.4) is 0 Å². The van der Waals surface area contributed by atoms with Gasteiger partial charge in [-0.05, 0) is 66.2 Å². The normalized spacial score (nSPS) is 10.7. The van der Waals surface area contributed by atoms with Crippen molar-refractivity contribution in [2.24, 2.45) is 4.99 Å². The first kappa shape index (κ1) is 23.9. The summed E-state index contributed by atoms with van der Waals surface area (Å²) in [7, 11) is 1.43. The molecule has 0 spiro atoms. The van der Waals surface area contributed by atoms with Crippen molar-refractivity contribution in [3.63, 3.8) is 0 Å². The summed E-state index contributed by atoms with van der Waals surface area (Å²) in [4.78, 5) is 25.3. The molecule has 0 amide bonds.